The van der Waals surface area contributed by atoms with Crippen molar-refractivity contribution in [2.45, 2.75) is 154 Å². The highest BCUT2D eigenvalue weighted by atomic mass is 16.6. The molecule has 0 aliphatic carbocycles. The van der Waals surface area contributed by atoms with Crippen molar-refractivity contribution in [3.8, 4) is 0 Å². The van der Waals surface area contributed by atoms with E-state index in [0.29, 0.717) is 44.8 Å². The predicted molar refractivity (Wildman–Crippen MR) is 191 cm³/mol. The molecule has 10 unspecified atom stereocenters. The summed E-state index contributed by atoms with van der Waals surface area (Å²) in [4.78, 5) is 30.5. The average molecular weight is 705 g/mol. The number of hydrogen-bond acceptors (Lipinski definition) is 10. The summed E-state index contributed by atoms with van der Waals surface area (Å²) in [6.07, 6.45) is 11.2. The molecule has 4 aliphatic rings. The Morgan fingerprint density at radius 3 is 2.40 bits per heavy atom. The van der Waals surface area contributed by atoms with Crippen LogP contribution >= 0.6 is 0 Å². The van der Waals surface area contributed by atoms with Crippen molar-refractivity contribution < 1.29 is 44.2 Å². The molecular weight excluding hydrogens is 640 g/mol. The molecule has 4 aliphatic heterocycles. The molecule has 10 atom stereocenters. The molecule has 0 radical (unpaired) electrons. The molecule has 4 heterocycles. The predicted octanol–water partition coefficient (Wildman–Crippen LogP) is 4.52. The van der Waals surface area contributed by atoms with E-state index < -0.39 is 36.0 Å². The summed E-state index contributed by atoms with van der Waals surface area (Å²) in [5.41, 5.74) is -0.368. The number of allylic oxidation sites excluding steroid dienone is 2. The Morgan fingerprint density at radius 2 is 1.74 bits per heavy atom. The third kappa shape index (κ3) is 11.9. The molecule has 1 amide bonds. The van der Waals surface area contributed by atoms with Gasteiger partial charge in [0.1, 0.15) is 12.2 Å². The van der Waals surface area contributed by atoms with Crippen molar-refractivity contribution in [1.82, 2.24) is 9.80 Å². The summed E-state index contributed by atoms with van der Waals surface area (Å²) >= 11 is 0. The van der Waals surface area contributed by atoms with Gasteiger partial charge in [0.15, 0.2) is 0 Å². The van der Waals surface area contributed by atoms with Crippen LogP contribution in [0.1, 0.15) is 99.3 Å². The van der Waals surface area contributed by atoms with Gasteiger partial charge in [0.25, 0.3) is 0 Å². The Balaban J connectivity index is 1.38. The zero-order valence-corrected chi connectivity index (χ0v) is 31.2. The zero-order valence-electron chi connectivity index (χ0n) is 31.2. The SMILES string of the molecule is CCC(O)C(C)C1OC1CC(C)(O)C=CC=C(C)C1OC(=O)CC(O)CCC(C)C(OC(=O)N2CCC(N3CCC(O)CC3)CC2)C=CC1C. The van der Waals surface area contributed by atoms with Crippen molar-refractivity contribution in [3.63, 3.8) is 0 Å². The number of ether oxygens (including phenoxy) is 3. The number of cyclic esters (lactones) is 1. The minimum atomic E-state index is -1.13. The molecule has 11 heteroatoms. The number of rotatable bonds is 10. The number of epoxide rings is 1. The van der Waals surface area contributed by atoms with Crippen LogP contribution in [0.4, 0.5) is 4.79 Å². The normalized spacial score (nSPS) is 34.0. The summed E-state index contributed by atoms with van der Waals surface area (Å²) in [6.45, 7) is 14.5. The molecule has 4 rings (SSSR count). The Labute approximate surface area is 299 Å². The molecule has 0 aromatic heterocycles. The van der Waals surface area contributed by atoms with Gasteiger partial charge in [-0.05, 0) is 76.4 Å². The van der Waals surface area contributed by atoms with E-state index in [1.807, 2.05) is 52.8 Å². The van der Waals surface area contributed by atoms with Gasteiger partial charge in [-0.2, -0.15) is 0 Å². The van der Waals surface area contributed by atoms with Gasteiger partial charge < -0.3 is 44.4 Å². The highest BCUT2D eigenvalue weighted by Gasteiger charge is 2.47. The van der Waals surface area contributed by atoms with Crippen LogP contribution < -0.4 is 0 Å². The quantitative estimate of drug-likeness (QED) is 0.111. The Bertz CT molecular complexity index is 1190. The number of nitrogens with zero attached hydrogens (tertiary/aromatic N) is 2. The number of aliphatic hydroxyl groups excluding tert-OH is 3. The van der Waals surface area contributed by atoms with Crippen LogP contribution in [0.3, 0.4) is 0 Å². The molecule has 0 bridgehead atoms. The number of esters is 1. The summed E-state index contributed by atoms with van der Waals surface area (Å²) in [5, 5.41) is 41.7. The third-order valence-corrected chi connectivity index (χ3v) is 11.3. The number of likely N-dealkylation sites (tertiary alicyclic amines) is 2. The second kappa shape index (κ2) is 18.5. The second-order valence-corrected chi connectivity index (χ2v) is 15.7. The van der Waals surface area contributed by atoms with Crippen molar-refractivity contribution >= 4 is 12.1 Å². The first kappa shape index (κ1) is 40.5. The third-order valence-electron chi connectivity index (χ3n) is 11.3. The lowest BCUT2D eigenvalue weighted by molar-refractivity contribution is -0.151. The summed E-state index contributed by atoms with van der Waals surface area (Å²) in [7, 11) is 0. The van der Waals surface area contributed by atoms with Gasteiger partial charge in [-0.15, -0.1) is 0 Å². The lowest BCUT2D eigenvalue weighted by Gasteiger charge is -2.41. The fourth-order valence-electron chi connectivity index (χ4n) is 7.66. The Morgan fingerprint density at radius 1 is 1.06 bits per heavy atom. The summed E-state index contributed by atoms with van der Waals surface area (Å²) < 4.78 is 17.8. The molecule has 0 saturated carbocycles. The number of hydrogen-bond donors (Lipinski definition) is 4. The van der Waals surface area contributed by atoms with E-state index in [1.54, 1.807) is 24.0 Å². The number of amides is 1. The topological polar surface area (TPSA) is 153 Å². The van der Waals surface area contributed by atoms with Crippen LogP contribution in [-0.4, -0.2) is 123 Å². The number of carbonyl (C=O) groups is 2. The first-order chi connectivity index (χ1) is 23.7. The summed E-state index contributed by atoms with van der Waals surface area (Å²) in [5.74, 6) is -0.818. The lowest BCUT2D eigenvalue weighted by Crippen LogP contribution is -2.50. The fraction of sp³-hybridized carbons (Fsp3) is 0.795. The molecule has 50 heavy (non-hydrogen) atoms. The highest BCUT2D eigenvalue weighted by Crippen LogP contribution is 2.37. The number of piperidine rings is 2. The maximum atomic E-state index is 13.4. The molecule has 284 valence electrons. The van der Waals surface area contributed by atoms with E-state index >= 15 is 0 Å². The largest absolute Gasteiger partial charge is 0.457 e. The van der Waals surface area contributed by atoms with Gasteiger partial charge in [-0.3, -0.25) is 4.79 Å². The molecule has 3 saturated heterocycles. The molecule has 11 nitrogen and oxygen atoms in total. The van der Waals surface area contributed by atoms with Gasteiger partial charge in [0, 0.05) is 50.5 Å². The van der Waals surface area contributed by atoms with Gasteiger partial charge in [-0.1, -0.05) is 52.0 Å². The van der Waals surface area contributed by atoms with Gasteiger partial charge >= 0.3 is 12.1 Å². The van der Waals surface area contributed by atoms with Crippen LogP contribution in [-0.2, 0) is 19.0 Å². The maximum Gasteiger partial charge on any atom is 0.410 e. The van der Waals surface area contributed by atoms with Crippen molar-refractivity contribution in [3.05, 3.63) is 36.0 Å². The van der Waals surface area contributed by atoms with E-state index in [9.17, 15) is 30.0 Å². The monoisotopic (exact) mass is 704 g/mol. The summed E-state index contributed by atoms with van der Waals surface area (Å²) in [6, 6.07) is 0.417. The lowest BCUT2D eigenvalue weighted by atomic mass is 9.91. The maximum absolute atomic E-state index is 13.4. The van der Waals surface area contributed by atoms with Gasteiger partial charge in [0.2, 0.25) is 0 Å². The van der Waals surface area contributed by atoms with Crippen molar-refractivity contribution in [2.24, 2.45) is 17.8 Å². The van der Waals surface area contributed by atoms with Crippen molar-refractivity contribution in [1.29, 1.82) is 0 Å². The molecule has 3 fully saturated rings. The molecule has 0 spiro atoms. The van der Waals surface area contributed by atoms with Gasteiger partial charge in [0.05, 0.1) is 42.5 Å². The number of carbonyl (C=O) groups excluding carboxylic acids is 2. The first-order valence-corrected chi connectivity index (χ1v) is 19.0. The minimum Gasteiger partial charge on any atom is -0.457 e. The Kier molecular flexibility index (Phi) is 15.0. The van der Waals surface area contributed by atoms with Crippen LogP contribution in [0.5, 0.6) is 0 Å². The smallest absolute Gasteiger partial charge is 0.410 e. The minimum absolute atomic E-state index is 0.000894. The second-order valence-electron chi connectivity index (χ2n) is 15.7. The van der Waals surface area contributed by atoms with E-state index in [4.69, 9.17) is 14.2 Å². The van der Waals surface area contributed by atoms with Crippen LogP contribution in [0.15, 0.2) is 36.0 Å². The fourth-order valence-corrected chi connectivity index (χ4v) is 7.66. The molecular formula is C39H64N2O9. The zero-order chi connectivity index (χ0) is 36.6. The van der Waals surface area contributed by atoms with Crippen LogP contribution in [0.25, 0.3) is 0 Å². The van der Waals surface area contributed by atoms with E-state index in [1.165, 1.54) is 0 Å². The number of aliphatic hydroxyl groups is 4. The molecule has 0 aromatic rings. The van der Waals surface area contributed by atoms with Crippen LogP contribution in [0, 0.1) is 17.8 Å². The standard InChI is InChI=1S/C39H64N2O9/c1-7-32(44)28(5)37-34(48-37)24-39(6,47)18-8-9-26(3)36-27(4)11-13-33(25(2)10-12-31(43)23-35(45)50-36)49-38(46)41-19-14-29(15-20-41)40-21-16-30(42)17-22-40/h8-9,11,13,18,25,27-34,36-37,42-44,47H,7,10,12,14-17,19-24H2,1-6H3. The highest BCUT2D eigenvalue weighted by molar-refractivity contribution is 5.70. The average Bonchev–Trinajstić information content (AvgIpc) is 3.84. The Hall–Kier alpha value is -2.28. The van der Waals surface area contributed by atoms with E-state index in [0.717, 1.165) is 44.3 Å². The first-order valence-electron chi connectivity index (χ1n) is 19.0. The molecule has 0 aromatic carbocycles. The molecule has 4 N–H and O–H groups in total. The van der Waals surface area contributed by atoms with Crippen LogP contribution in [0.2, 0.25) is 0 Å². The van der Waals surface area contributed by atoms with E-state index in [2.05, 4.69) is 4.90 Å². The van der Waals surface area contributed by atoms with Crippen molar-refractivity contribution in [2.75, 3.05) is 26.2 Å². The van der Waals surface area contributed by atoms with Gasteiger partial charge in [-0.25, -0.2) is 4.79 Å². The van der Waals surface area contributed by atoms with E-state index in [-0.39, 0.29) is 48.6 Å².